The van der Waals surface area contributed by atoms with E-state index in [0.29, 0.717) is 6.54 Å². The fraction of sp³-hybridized carbons (Fsp3) is 1.00. The summed E-state index contributed by atoms with van der Waals surface area (Å²) in [5, 5.41) is 9.09. The van der Waals surface area contributed by atoms with Crippen molar-refractivity contribution in [1.82, 2.24) is 4.31 Å². The SMILES string of the molecule is CCN(CC(O)CN)S(C)(=O)=O. The maximum atomic E-state index is 11.0. The molecule has 0 radical (unpaired) electrons. The minimum absolute atomic E-state index is 0.0752. The summed E-state index contributed by atoms with van der Waals surface area (Å²) in [7, 11) is -3.20. The van der Waals surface area contributed by atoms with E-state index >= 15 is 0 Å². The second kappa shape index (κ2) is 4.76. The minimum Gasteiger partial charge on any atom is -0.390 e. The third kappa shape index (κ3) is 4.01. The molecule has 6 heteroatoms. The molecule has 5 nitrogen and oxygen atoms in total. The van der Waals surface area contributed by atoms with Gasteiger partial charge >= 0.3 is 0 Å². The molecule has 0 bridgehead atoms. The van der Waals surface area contributed by atoms with E-state index in [4.69, 9.17) is 10.8 Å². The Morgan fingerprint density at radius 3 is 2.33 bits per heavy atom. The lowest BCUT2D eigenvalue weighted by molar-refractivity contribution is 0.155. The standard InChI is InChI=1S/C6H16N2O3S/c1-3-8(12(2,10)11)5-6(9)4-7/h6,9H,3-5,7H2,1-2H3. The molecule has 0 fully saturated rings. The van der Waals surface area contributed by atoms with Gasteiger partial charge in [-0.25, -0.2) is 8.42 Å². The number of sulfonamides is 1. The highest BCUT2D eigenvalue weighted by molar-refractivity contribution is 7.88. The van der Waals surface area contributed by atoms with Crippen molar-refractivity contribution in [2.45, 2.75) is 13.0 Å². The lowest BCUT2D eigenvalue weighted by Crippen LogP contribution is -2.39. The molecule has 0 rings (SSSR count). The summed E-state index contributed by atoms with van der Waals surface area (Å²) in [4.78, 5) is 0. The van der Waals surface area contributed by atoms with Crippen LogP contribution in [-0.2, 0) is 10.0 Å². The Morgan fingerprint density at radius 2 is 2.08 bits per heavy atom. The highest BCUT2D eigenvalue weighted by Crippen LogP contribution is 1.98. The zero-order valence-electron chi connectivity index (χ0n) is 7.40. The largest absolute Gasteiger partial charge is 0.390 e. The molecule has 0 heterocycles. The van der Waals surface area contributed by atoms with Crippen molar-refractivity contribution in [2.24, 2.45) is 5.73 Å². The molecule has 1 atom stereocenters. The lowest BCUT2D eigenvalue weighted by atomic mass is 10.3. The Labute approximate surface area is 73.2 Å². The average molecular weight is 196 g/mol. The number of likely N-dealkylation sites (N-methyl/N-ethyl adjacent to an activating group) is 1. The molecule has 3 N–H and O–H groups in total. The Bertz CT molecular complexity index is 215. The van der Waals surface area contributed by atoms with Gasteiger partial charge in [0.2, 0.25) is 10.0 Å². The third-order valence-electron chi connectivity index (χ3n) is 1.51. The molecule has 0 aromatic carbocycles. The van der Waals surface area contributed by atoms with Crippen LogP contribution in [-0.4, -0.2) is 49.8 Å². The quantitative estimate of drug-likeness (QED) is 0.565. The zero-order chi connectivity index (χ0) is 9.78. The van der Waals surface area contributed by atoms with E-state index in [9.17, 15) is 8.42 Å². The van der Waals surface area contributed by atoms with Crippen LogP contribution >= 0.6 is 0 Å². The number of hydrogen-bond donors (Lipinski definition) is 2. The van der Waals surface area contributed by atoms with Crippen molar-refractivity contribution in [3.05, 3.63) is 0 Å². The number of aliphatic hydroxyl groups excluding tert-OH is 1. The van der Waals surface area contributed by atoms with Gasteiger partial charge in [-0.05, 0) is 0 Å². The number of aliphatic hydroxyl groups is 1. The lowest BCUT2D eigenvalue weighted by Gasteiger charge is -2.20. The summed E-state index contributed by atoms with van der Waals surface area (Å²) >= 11 is 0. The van der Waals surface area contributed by atoms with E-state index in [-0.39, 0.29) is 13.1 Å². The average Bonchev–Trinajstić information content (AvgIpc) is 1.97. The Hall–Kier alpha value is -0.170. The van der Waals surface area contributed by atoms with Gasteiger partial charge in [0, 0.05) is 19.6 Å². The number of rotatable bonds is 5. The fourth-order valence-electron chi connectivity index (χ4n) is 0.809. The van der Waals surface area contributed by atoms with Crippen LogP contribution in [0.4, 0.5) is 0 Å². The molecule has 0 aromatic rings. The first-order valence-electron chi connectivity index (χ1n) is 3.75. The van der Waals surface area contributed by atoms with Gasteiger partial charge in [-0.3, -0.25) is 0 Å². The van der Waals surface area contributed by atoms with Gasteiger partial charge in [-0.15, -0.1) is 0 Å². The normalized spacial score (nSPS) is 15.1. The van der Waals surface area contributed by atoms with E-state index in [1.807, 2.05) is 0 Å². The molecule has 0 aliphatic heterocycles. The van der Waals surface area contributed by atoms with Crippen molar-refractivity contribution in [3.63, 3.8) is 0 Å². The van der Waals surface area contributed by atoms with Crippen LogP contribution in [0.3, 0.4) is 0 Å². The molecule has 0 aromatic heterocycles. The summed E-state index contributed by atoms with van der Waals surface area (Å²) in [6, 6.07) is 0. The van der Waals surface area contributed by atoms with E-state index in [0.717, 1.165) is 6.26 Å². The maximum Gasteiger partial charge on any atom is 0.211 e. The van der Waals surface area contributed by atoms with Crippen LogP contribution in [0, 0.1) is 0 Å². The first-order chi connectivity index (χ1) is 5.41. The molecule has 0 saturated heterocycles. The van der Waals surface area contributed by atoms with Crippen molar-refractivity contribution in [2.75, 3.05) is 25.9 Å². The van der Waals surface area contributed by atoms with Crippen LogP contribution in [0.25, 0.3) is 0 Å². The van der Waals surface area contributed by atoms with Gasteiger partial charge in [-0.1, -0.05) is 6.92 Å². The predicted molar refractivity (Wildman–Crippen MR) is 47.2 cm³/mol. The fourth-order valence-corrected chi connectivity index (χ4v) is 1.72. The number of nitrogens with zero attached hydrogens (tertiary/aromatic N) is 1. The molecule has 0 aliphatic carbocycles. The van der Waals surface area contributed by atoms with E-state index in [1.54, 1.807) is 6.92 Å². The topological polar surface area (TPSA) is 83.6 Å². The second-order valence-electron chi connectivity index (χ2n) is 2.60. The van der Waals surface area contributed by atoms with Crippen molar-refractivity contribution in [1.29, 1.82) is 0 Å². The van der Waals surface area contributed by atoms with Gasteiger partial charge in [0.05, 0.1) is 12.4 Å². The second-order valence-corrected chi connectivity index (χ2v) is 4.59. The minimum atomic E-state index is -3.20. The van der Waals surface area contributed by atoms with Gasteiger partial charge in [0.1, 0.15) is 0 Å². The molecule has 1 unspecified atom stereocenters. The molecule has 0 amide bonds. The molecule has 0 spiro atoms. The number of hydrogen-bond acceptors (Lipinski definition) is 4. The summed E-state index contributed by atoms with van der Waals surface area (Å²) in [6.07, 6.45) is 0.333. The van der Waals surface area contributed by atoms with E-state index in [2.05, 4.69) is 0 Å². The Kier molecular flexibility index (Phi) is 4.69. The predicted octanol–water partition coefficient (Wildman–Crippen LogP) is -1.41. The van der Waals surface area contributed by atoms with Gasteiger partial charge < -0.3 is 10.8 Å². The van der Waals surface area contributed by atoms with Crippen LogP contribution in [0.1, 0.15) is 6.92 Å². The maximum absolute atomic E-state index is 11.0. The Balaban J connectivity index is 4.20. The molecule has 74 valence electrons. The number of nitrogens with two attached hydrogens (primary N) is 1. The monoisotopic (exact) mass is 196 g/mol. The molecular weight excluding hydrogens is 180 g/mol. The smallest absolute Gasteiger partial charge is 0.211 e. The molecule has 0 saturated carbocycles. The molecular formula is C6H16N2O3S. The Morgan fingerprint density at radius 1 is 1.58 bits per heavy atom. The summed E-state index contributed by atoms with van der Waals surface area (Å²) < 4.78 is 23.2. The van der Waals surface area contributed by atoms with Crippen LogP contribution < -0.4 is 5.73 Å². The van der Waals surface area contributed by atoms with Crippen LogP contribution in [0.2, 0.25) is 0 Å². The van der Waals surface area contributed by atoms with Gasteiger partial charge in [0.25, 0.3) is 0 Å². The van der Waals surface area contributed by atoms with Crippen molar-refractivity contribution < 1.29 is 13.5 Å². The van der Waals surface area contributed by atoms with Crippen LogP contribution in [0.5, 0.6) is 0 Å². The summed E-state index contributed by atoms with van der Waals surface area (Å²) in [5.41, 5.74) is 5.15. The third-order valence-corrected chi connectivity index (χ3v) is 2.85. The summed E-state index contributed by atoms with van der Waals surface area (Å²) in [6.45, 7) is 2.22. The van der Waals surface area contributed by atoms with Gasteiger partial charge in [0.15, 0.2) is 0 Å². The summed E-state index contributed by atoms with van der Waals surface area (Å²) in [5.74, 6) is 0. The van der Waals surface area contributed by atoms with E-state index < -0.39 is 16.1 Å². The molecule has 0 aliphatic rings. The first kappa shape index (κ1) is 11.8. The first-order valence-corrected chi connectivity index (χ1v) is 5.59. The highest BCUT2D eigenvalue weighted by atomic mass is 32.2. The van der Waals surface area contributed by atoms with E-state index in [1.165, 1.54) is 4.31 Å². The van der Waals surface area contributed by atoms with Crippen LogP contribution in [0.15, 0.2) is 0 Å². The van der Waals surface area contributed by atoms with Gasteiger partial charge in [-0.2, -0.15) is 4.31 Å². The van der Waals surface area contributed by atoms with Crippen molar-refractivity contribution >= 4 is 10.0 Å². The highest BCUT2D eigenvalue weighted by Gasteiger charge is 2.17. The van der Waals surface area contributed by atoms with Crippen molar-refractivity contribution in [3.8, 4) is 0 Å². The molecule has 12 heavy (non-hydrogen) atoms. The zero-order valence-corrected chi connectivity index (χ0v) is 8.21.